The molecule has 0 amide bonds. The average molecular weight is 82.1 g/mol. The maximum Gasteiger partial charge on any atom is 2.00 e. The molecule has 0 bridgehead atoms. The number of rotatable bonds is 0. The Kier molecular flexibility index (Phi) is 20.8. The topological polar surface area (TPSA) is 39.4 Å². The third-order valence-electron chi connectivity index (χ3n) is 0. The molecule has 0 radical (unpaired) electrons. The fraction of sp³-hybridized carbons (Fsp3) is 0. The van der Waals surface area contributed by atoms with E-state index in [1.807, 2.05) is 0 Å². The van der Waals surface area contributed by atoms with Crippen molar-refractivity contribution in [2.45, 2.75) is 0 Å². The molecule has 0 fully saturated rings. The second kappa shape index (κ2) is 9.43. The fourth-order valence-electron chi connectivity index (χ4n) is 0. The van der Waals surface area contributed by atoms with Crippen molar-refractivity contribution in [3.8, 4) is 0 Å². The zero-order valence-corrected chi connectivity index (χ0v) is 4.27. The molecule has 0 saturated carbocycles. The van der Waals surface area contributed by atoms with Gasteiger partial charge in [0, 0.05) is 0 Å². The second-order valence-electron chi connectivity index (χ2n) is 0.0913. The molecule has 0 heterocycles. The number of nitrogens with zero attached hydrogens (tertiary/aromatic N) is 1. The Labute approximate surface area is 53.7 Å². The Bertz CT molecular complexity index is 29.0. The summed E-state index contributed by atoms with van der Waals surface area (Å²) < 4.78 is 0. The van der Waals surface area contributed by atoms with E-state index in [1.54, 1.807) is 0 Å². The summed E-state index contributed by atoms with van der Waals surface area (Å²) in [6.07, 6.45) is 0.500. The number of hydrogen-bond donors (Lipinski definition) is 0. The third-order valence-corrected chi connectivity index (χ3v) is 0. The first-order valence-electron chi connectivity index (χ1n) is 0.428. The molecular formula is CCaNO+. The Morgan fingerprint density at radius 1 is 1.75 bits per heavy atom. The molecular weight excluding hydrogens is 82.1 g/mol. The van der Waals surface area contributed by atoms with Gasteiger partial charge in [-0.15, -0.1) is 0 Å². The molecule has 0 aliphatic heterocycles. The van der Waals surface area contributed by atoms with Gasteiger partial charge < -0.3 is 5.41 Å². The van der Waals surface area contributed by atoms with Gasteiger partial charge in [-0.3, -0.25) is 4.79 Å². The summed E-state index contributed by atoms with van der Waals surface area (Å²) in [6, 6.07) is 0. The van der Waals surface area contributed by atoms with Crippen LogP contribution in [-0.2, 0) is 4.79 Å². The summed E-state index contributed by atoms with van der Waals surface area (Å²) in [4.78, 5) is 8.24. The standard InChI is InChI=1S/CNO.Ca/c2-1-3;/q-1;+2. The Hall–Kier alpha value is 0.640. The van der Waals surface area contributed by atoms with Crippen molar-refractivity contribution in [2.75, 3.05) is 0 Å². The minimum Gasteiger partial charge on any atom is -0.724 e. The number of isocyanates is 1. The van der Waals surface area contributed by atoms with E-state index in [1.165, 1.54) is 0 Å². The maximum absolute atomic E-state index is 8.24. The van der Waals surface area contributed by atoms with Crippen LogP contribution in [0.1, 0.15) is 0 Å². The Morgan fingerprint density at radius 2 is 1.75 bits per heavy atom. The van der Waals surface area contributed by atoms with Gasteiger partial charge in [-0.1, -0.05) is 0 Å². The third kappa shape index (κ3) is 17.3. The molecule has 0 atom stereocenters. The zero-order valence-electron chi connectivity index (χ0n) is 2.06. The van der Waals surface area contributed by atoms with Crippen LogP contribution in [0, 0.1) is 0 Å². The molecule has 16 valence electrons. The Balaban J connectivity index is 0. The van der Waals surface area contributed by atoms with Crippen molar-refractivity contribution in [3.63, 3.8) is 0 Å². The molecule has 0 unspecified atom stereocenters. The molecule has 2 nitrogen and oxygen atoms in total. The molecule has 0 aliphatic carbocycles. The molecule has 0 aliphatic rings. The molecule has 0 spiro atoms. The van der Waals surface area contributed by atoms with E-state index in [2.05, 4.69) is 0 Å². The van der Waals surface area contributed by atoms with Crippen LogP contribution in [0.5, 0.6) is 0 Å². The summed E-state index contributed by atoms with van der Waals surface area (Å²) in [5.41, 5.74) is 0. The van der Waals surface area contributed by atoms with E-state index in [9.17, 15) is 0 Å². The van der Waals surface area contributed by atoms with Gasteiger partial charge in [-0.25, -0.2) is 0 Å². The van der Waals surface area contributed by atoms with E-state index in [0.29, 0.717) is 6.08 Å². The van der Waals surface area contributed by atoms with E-state index < -0.39 is 0 Å². The first-order valence-corrected chi connectivity index (χ1v) is 0.428. The van der Waals surface area contributed by atoms with Crippen molar-refractivity contribution in [1.29, 1.82) is 0 Å². The van der Waals surface area contributed by atoms with Crippen molar-refractivity contribution in [3.05, 3.63) is 5.41 Å². The van der Waals surface area contributed by atoms with Gasteiger partial charge >= 0.3 is 37.7 Å². The molecule has 0 aromatic rings. The van der Waals surface area contributed by atoms with Crippen LogP contribution in [0.3, 0.4) is 0 Å². The van der Waals surface area contributed by atoms with Gasteiger partial charge in [0.2, 0.25) is 0 Å². The van der Waals surface area contributed by atoms with Gasteiger partial charge in [0.05, 0.1) is 0 Å². The average Bonchev–Trinajstić information content (AvgIpc) is 0.918. The van der Waals surface area contributed by atoms with E-state index in [0.717, 1.165) is 0 Å². The van der Waals surface area contributed by atoms with Crippen LogP contribution in [0.4, 0.5) is 0 Å². The summed E-state index contributed by atoms with van der Waals surface area (Å²) in [5, 5.41) is 6.76. The predicted octanol–water partition coefficient (Wildman–Crippen LogP) is -0.489. The molecule has 0 saturated heterocycles. The fourth-order valence-corrected chi connectivity index (χ4v) is 0. The number of carbonyl (C=O) groups excluding carboxylic acids is 1. The minimum absolute atomic E-state index is 0. The first kappa shape index (κ1) is 8.82. The largest absolute Gasteiger partial charge is 2.00 e. The summed E-state index contributed by atoms with van der Waals surface area (Å²) in [6.45, 7) is 0. The molecule has 0 N–H and O–H groups in total. The monoisotopic (exact) mass is 82.0 g/mol. The van der Waals surface area contributed by atoms with Gasteiger partial charge in [0.15, 0.2) is 0 Å². The van der Waals surface area contributed by atoms with Gasteiger partial charge in [-0.2, -0.15) is 0 Å². The van der Waals surface area contributed by atoms with Crippen LogP contribution >= 0.6 is 0 Å². The van der Waals surface area contributed by atoms with Crippen LogP contribution in [0.2, 0.25) is 0 Å². The van der Waals surface area contributed by atoms with Crippen molar-refractivity contribution in [2.24, 2.45) is 0 Å². The Morgan fingerprint density at radius 3 is 1.75 bits per heavy atom. The molecule has 0 aromatic carbocycles. The van der Waals surface area contributed by atoms with Crippen LogP contribution in [0.25, 0.3) is 5.41 Å². The SMILES string of the molecule is [Ca+2].[N-]=C=O. The maximum atomic E-state index is 8.24. The first-order chi connectivity index (χ1) is 1.41. The minimum atomic E-state index is 0. The van der Waals surface area contributed by atoms with Gasteiger partial charge in [-0.05, 0) is 6.08 Å². The second-order valence-corrected chi connectivity index (χ2v) is 0.0913. The summed E-state index contributed by atoms with van der Waals surface area (Å²) >= 11 is 0. The van der Waals surface area contributed by atoms with Crippen molar-refractivity contribution in [1.82, 2.24) is 0 Å². The number of hydrogen-bond acceptors (Lipinski definition) is 1. The normalized spacial score (nSPS) is 2.00. The quantitative estimate of drug-likeness (QED) is 0.221. The van der Waals surface area contributed by atoms with Crippen LogP contribution in [-0.4, -0.2) is 43.8 Å². The molecule has 0 aromatic heterocycles. The van der Waals surface area contributed by atoms with Gasteiger partial charge in [0.1, 0.15) is 0 Å². The molecule has 0 rings (SSSR count). The molecule has 3 heteroatoms. The molecule has 4 heavy (non-hydrogen) atoms. The van der Waals surface area contributed by atoms with Crippen molar-refractivity contribution < 1.29 is 4.79 Å². The summed E-state index contributed by atoms with van der Waals surface area (Å²) in [5.74, 6) is 0. The zero-order chi connectivity index (χ0) is 2.71. The van der Waals surface area contributed by atoms with E-state index in [4.69, 9.17) is 10.2 Å². The van der Waals surface area contributed by atoms with Crippen molar-refractivity contribution >= 4 is 43.8 Å². The van der Waals surface area contributed by atoms with Crippen LogP contribution in [0.15, 0.2) is 0 Å². The predicted molar refractivity (Wildman–Crippen MR) is 14.8 cm³/mol. The summed E-state index contributed by atoms with van der Waals surface area (Å²) in [7, 11) is 0. The smallest absolute Gasteiger partial charge is 0.724 e. The van der Waals surface area contributed by atoms with E-state index >= 15 is 0 Å². The van der Waals surface area contributed by atoms with Crippen LogP contribution < -0.4 is 0 Å². The van der Waals surface area contributed by atoms with Gasteiger partial charge in [0.25, 0.3) is 0 Å². The van der Waals surface area contributed by atoms with E-state index in [-0.39, 0.29) is 37.7 Å².